The highest BCUT2D eigenvalue weighted by atomic mass is 16.6. The molecule has 0 amide bonds. The van der Waals surface area contributed by atoms with Crippen LogP contribution in [0.2, 0.25) is 0 Å². The molecule has 1 aromatic heterocycles. The van der Waals surface area contributed by atoms with E-state index in [2.05, 4.69) is 0 Å². The molecule has 1 aliphatic rings. The first-order valence-electron chi connectivity index (χ1n) is 13.8. The van der Waals surface area contributed by atoms with Gasteiger partial charge in [0.1, 0.15) is 64.5 Å². The van der Waals surface area contributed by atoms with Crippen LogP contribution in [-0.4, -0.2) is 87.0 Å². The fourth-order valence-corrected chi connectivity index (χ4v) is 5.08. The van der Waals surface area contributed by atoms with Crippen molar-refractivity contribution < 1.29 is 63.9 Å². The average molecular weight is 639 g/mol. The second kappa shape index (κ2) is 13.1. The van der Waals surface area contributed by atoms with Crippen LogP contribution < -0.4 is 19.6 Å². The lowest BCUT2D eigenvalue weighted by molar-refractivity contribution is -0.232. The zero-order valence-corrected chi connectivity index (χ0v) is 24.4. The standard InChI is InChI=1S/C32H30O14/c1-42-21-9-14(10-22(43-2)27(21)37)3-8-24(36)45-20-12-19-25(17(35)11-18(44-19)15-4-6-16(34)7-5-15)29(39)26(20)32-31(41)30(40)28(38)23(13-33)46-32/h3-12,23,28,30-34,37-41H,13H2,1-2H3/b8-3+/t23-,28-,30+,31-,32+/m1/s1. The summed E-state index contributed by atoms with van der Waals surface area (Å²) >= 11 is 0. The molecule has 5 rings (SSSR count). The van der Waals surface area contributed by atoms with E-state index in [-0.39, 0.29) is 39.7 Å². The summed E-state index contributed by atoms with van der Waals surface area (Å²) in [5.74, 6) is -2.39. The van der Waals surface area contributed by atoms with Gasteiger partial charge in [0.05, 0.1) is 26.4 Å². The van der Waals surface area contributed by atoms with Crippen LogP contribution in [0.3, 0.4) is 0 Å². The fraction of sp³-hybridized carbons (Fsp3) is 0.250. The van der Waals surface area contributed by atoms with Gasteiger partial charge in [-0.25, -0.2) is 4.79 Å². The quantitative estimate of drug-likeness (QED) is 0.0829. The monoisotopic (exact) mass is 638 g/mol. The zero-order valence-electron chi connectivity index (χ0n) is 24.4. The maximum Gasteiger partial charge on any atom is 0.336 e. The number of aliphatic hydroxyl groups excluding tert-OH is 4. The Labute approximate surface area is 260 Å². The topological polar surface area (TPSA) is 226 Å². The molecule has 1 aliphatic heterocycles. The SMILES string of the molecule is COc1cc(/C=C/C(=O)Oc2cc3oc(-c4ccc(O)cc4)cc(=O)c3c(O)c2[C@@H]2O[C@H](CO)[C@@H](O)[C@H](O)[C@H]2O)cc(OC)c1O. The summed E-state index contributed by atoms with van der Waals surface area (Å²) in [5, 5.41) is 72.1. The molecule has 0 spiro atoms. The molecule has 5 atom stereocenters. The van der Waals surface area contributed by atoms with Crippen molar-refractivity contribution in [3.63, 3.8) is 0 Å². The predicted molar refractivity (Wildman–Crippen MR) is 160 cm³/mol. The summed E-state index contributed by atoms with van der Waals surface area (Å²) < 4.78 is 27.3. The summed E-state index contributed by atoms with van der Waals surface area (Å²) in [7, 11) is 2.66. The molecule has 1 fully saturated rings. The largest absolute Gasteiger partial charge is 0.508 e. The third kappa shape index (κ3) is 6.07. The van der Waals surface area contributed by atoms with Crippen LogP contribution in [0.4, 0.5) is 0 Å². The molecule has 0 unspecified atom stereocenters. The number of carbonyl (C=O) groups is 1. The maximum atomic E-state index is 13.3. The van der Waals surface area contributed by atoms with Crippen LogP contribution in [0.1, 0.15) is 17.2 Å². The van der Waals surface area contributed by atoms with Crippen molar-refractivity contribution in [3.05, 3.63) is 76.0 Å². The van der Waals surface area contributed by atoms with Crippen molar-refractivity contribution in [2.45, 2.75) is 30.5 Å². The first-order chi connectivity index (χ1) is 22.0. The van der Waals surface area contributed by atoms with Gasteiger partial charge in [-0.05, 0) is 48.0 Å². The Morgan fingerprint density at radius 3 is 2.13 bits per heavy atom. The number of fused-ring (bicyclic) bond motifs is 1. The van der Waals surface area contributed by atoms with Crippen LogP contribution in [0.5, 0.6) is 34.5 Å². The van der Waals surface area contributed by atoms with Crippen molar-refractivity contribution in [2.75, 3.05) is 20.8 Å². The minimum absolute atomic E-state index is 0.0276. The van der Waals surface area contributed by atoms with E-state index in [0.29, 0.717) is 11.1 Å². The van der Waals surface area contributed by atoms with Gasteiger partial charge in [0, 0.05) is 23.8 Å². The predicted octanol–water partition coefficient (Wildman–Crippen LogP) is 1.73. The summed E-state index contributed by atoms with van der Waals surface area (Å²) in [6, 6.07) is 10.7. The van der Waals surface area contributed by atoms with E-state index in [4.69, 9.17) is 23.4 Å². The van der Waals surface area contributed by atoms with Crippen molar-refractivity contribution in [1.82, 2.24) is 0 Å². The van der Waals surface area contributed by atoms with Crippen LogP contribution in [0, 0.1) is 0 Å². The van der Waals surface area contributed by atoms with E-state index >= 15 is 0 Å². The number of phenolic OH excluding ortho intramolecular Hbond substituents is 3. The first kappa shape index (κ1) is 32.3. The summed E-state index contributed by atoms with van der Waals surface area (Å²) in [6.45, 7) is -0.786. The molecule has 2 heterocycles. The van der Waals surface area contributed by atoms with E-state index in [1.54, 1.807) is 0 Å². The number of rotatable bonds is 8. The summed E-state index contributed by atoms with van der Waals surface area (Å²) in [6.07, 6.45) is -6.29. The van der Waals surface area contributed by atoms with Gasteiger partial charge in [-0.3, -0.25) is 4.79 Å². The van der Waals surface area contributed by atoms with Crippen molar-refractivity contribution in [2.24, 2.45) is 0 Å². The van der Waals surface area contributed by atoms with Gasteiger partial charge in [-0.15, -0.1) is 0 Å². The zero-order chi connectivity index (χ0) is 33.3. The van der Waals surface area contributed by atoms with Gasteiger partial charge in [0.2, 0.25) is 5.75 Å². The first-order valence-corrected chi connectivity index (χ1v) is 13.8. The molecule has 3 aromatic carbocycles. The van der Waals surface area contributed by atoms with E-state index in [0.717, 1.165) is 18.2 Å². The Hall–Kier alpha value is -5.12. The van der Waals surface area contributed by atoms with Gasteiger partial charge < -0.3 is 59.1 Å². The van der Waals surface area contributed by atoms with Crippen LogP contribution in [0.15, 0.2) is 63.8 Å². The molecule has 14 heteroatoms. The minimum atomic E-state index is -1.91. The number of hydrogen-bond donors (Lipinski definition) is 7. The Kier molecular flexibility index (Phi) is 9.18. The molecule has 0 aliphatic carbocycles. The van der Waals surface area contributed by atoms with Gasteiger partial charge in [0.25, 0.3) is 0 Å². The number of ether oxygens (including phenoxy) is 4. The van der Waals surface area contributed by atoms with Crippen LogP contribution in [-0.2, 0) is 9.53 Å². The molecule has 7 N–H and O–H groups in total. The fourth-order valence-electron chi connectivity index (χ4n) is 5.08. The highest BCUT2D eigenvalue weighted by Gasteiger charge is 2.46. The number of carbonyl (C=O) groups excluding carboxylic acids is 1. The molecule has 4 aromatic rings. The lowest BCUT2D eigenvalue weighted by Gasteiger charge is -2.40. The highest BCUT2D eigenvalue weighted by molar-refractivity contribution is 5.92. The number of esters is 1. The number of methoxy groups -OCH3 is 2. The number of benzene rings is 3. The molecule has 0 bridgehead atoms. The molecule has 46 heavy (non-hydrogen) atoms. The second-order valence-corrected chi connectivity index (χ2v) is 10.3. The Morgan fingerprint density at radius 2 is 1.52 bits per heavy atom. The van der Waals surface area contributed by atoms with E-state index in [1.807, 2.05) is 0 Å². The maximum absolute atomic E-state index is 13.3. The van der Waals surface area contributed by atoms with Gasteiger partial charge in [-0.2, -0.15) is 0 Å². The average Bonchev–Trinajstić information content (AvgIpc) is 3.04. The smallest absolute Gasteiger partial charge is 0.336 e. The number of hydrogen-bond acceptors (Lipinski definition) is 14. The molecular formula is C32H30O14. The molecule has 0 radical (unpaired) electrons. The van der Waals surface area contributed by atoms with Crippen LogP contribution in [0.25, 0.3) is 28.4 Å². The van der Waals surface area contributed by atoms with Gasteiger partial charge in [0.15, 0.2) is 16.9 Å². The lowest BCUT2D eigenvalue weighted by atomic mass is 9.89. The molecule has 14 nitrogen and oxygen atoms in total. The Balaban J connectivity index is 1.62. The number of aromatic hydroxyl groups is 3. The van der Waals surface area contributed by atoms with E-state index in [9.17, 15) is 45.3 Å². The number of aliphatic hydroxyl groups is 4. The Morgan fingerprint density at radius 1 is 0.870 bits per heavy atom. The van der Waals surface area contributed by atoms with Crippen molar-refractivity contribution in [1.29, 1.82) is 0 Å². The Bertz CT molecular complexity index is 1820. The summed E-state index contributed by atoms with van der Waals surface area (Å²) in [5.41, 5.74) is -0.648. The van der Waals surface area contributed by atoms with E-state index in [1.165, 1.54) is 56.7 Å². The highest BCUT2D eigenvalue weighted by Crippen LogP contribution is 2.45. The number of phenols is 3. The second-order valence-electron chi connectivity index (χ2n) is 10.3. The lowest BCUT2D eigenvalue weighted by Crippen LogP contribution is -2.55. The summed E-state index contributed by atoms with van der Waals surface area (Å²) in [4.78, 5) is 26.4. The van der Waals surface area contributed by atoms with Gasteiger partial charge >= 0.3 is 5.97 Å². The molecule has 1 saturated heterocycles. The van der Waals surface area contributed by atoms with Crippen molar-refractivity contribution >= 4 is 23.0 Å². The molecule has 242 valence electrons. The minimum Gasteiger partial charge on any atom is -0.508 e. The van der Waals surface area contributed by atoms with Crippen molar-refractivity contribution in [3.8, 4) is 45.8 Å². The third-order valence-corrected chi connectivity index (χ3v) is 7.45. The molecule has 0 saturated carbocycles. The van der Waals surface area contributed by atoms with E-state index < -0.39 is 65.6 Å². The third-order valence-electron chi connectivity index (χ3n) is 7.45. The normalized spacial score (nSPS) is 21.4. The van der Waals surface area contributed by atoms with Crippen LogP contribution >= 0.6 is 0 Å². The van der Waals surface area contributed by atoms with Gasteiger partial charge in [-0.1, -0.05) is 0 Å². The molecular weight excluding hydrogens is 608 g/mol.